The lowest BCUT2D eigenvalue weighted by molar-refractivity contribution is -0.122. The van der Waals surface area contributed by atoms with E-state index in [0.717, 1.165) is 18.4 Å². The first-order valence-corrected chi connectivity index (χ1v) is 8.97. The van der Waals surface area contributed by atoms with E-state index in [1.807, 2.05) is 35.2 Å². The predicted molar refractivity (Wildman–Crippen MR) is 97.9 cm³/mol. The maximum absolute atomic E-state index is 13.1. The molecule has 5 heteroatoms. The molecule has 1 saturated heterocycles. The van der Waals surface area contributed by atoms with Crippen LogP contribution in [0.15, 0.2) is 54.6 Å². The number of likely N-dealkylation sites (tertiary alicyclic amines) is 1. The minimum atomic E-state index is -0.299. The lowest BCUT2D eigenvalue weighted by atomic mass is 9.93. The van der Waals surface area contributed by atoms with Crippen LogP contribution in [-0.4, -0.2) is 29.8 Å². The van der Waals surface area contributed by atoms with Gasteiger partial charge in [0.05, 0.1) is 0 Å². The Balaban J connectivity index is 1.42. The molecule has 3 rings (SSSR count). The quantitative estimate of drug-likeness (QED) is 0.895. The fourth-order valence-corrected chi connectivity index (χ4v) is 3.29. The summed E-state index contributed by atoms with van der Waals surface area (Å²) in [6.45, 7) is 1.69. The van der Waals surface area contributed by atoms with Crippen molar-refractivity contribution in [2.75, 3.05) is 13.1 Å². The zero-order valence-corrected chi connectivity index (χ0v) is 14.7. The molecule has 2 aromatic rings. The van der Waals surface area contributed by atoms with Crippen LogP contribution in [0.3, 0.4) is 0 Å². The molecule has 136 valence electrons. The van der Waals surface area contributed by atoms with Crippen molar-refractivity contribution in [1.82, 2.24) is 10.2 Å². The zero-order valence-electron chi connectivity index (χ0n) is 14.7. The molecular formula is C21H23FN2O2. The van der Waals surface area contributed by atoms with E-state index in [1.54, 1.807) is 12.1 Å². The lowest BCUT2D eigenvalue weighted by Crippen LogP contribution is -2.39. The first-order valence-electron chi connectivity index (χ1n) is 8.97. The Morgan fingerprint density at radius 3 is 2.46 bits per heavy atom. The minimum absolute atomic E-state index is 0.0258. The third-order valence-corrected chi connectivity index (χ3v) is 4.78. The Labute approximate surface area is 153 Å². The first-order chi connectivity index (χ1) is 12.6. The second kappa shape index (κ2) is 8.61. The van der Waals surface area contributed by atoms with E-state index in [2.05, 4.69) is 5.32 Å². The Kier molecular flexibility index (Phi) is 6.00. The average Bonchev–Trinajstić information content (AvgIpc) is 2.67. The van der Waals surface area contributed by atoms with Crippen LogP contribution in [0.1, 0.15) is 35.2 Å². The standard InChI is InChI=1S/C21H23FN2O2/c22-19-8-4-5-17(13-19)15-23-20(25)14-16-9-11-24(12-10-16)21(26)18-6-2-1-3-7-18/h1-8,13,16H,9-12,14-15H2,(H,23,25). The summed E-state index contributed by atoms with van der Waals surface area (Å²) in [7, 11) is 0. The number of piperidine rings is 1. The molecule has 0 aliphatic carbocycles. The van der Waals surface area contributed by atoms with Gasteiger partial charge in [-0.1, -0.05) is 30.3 Å². The minimum Gasteiger partial charge on any atom is -0.352 e. The highest BCUT2D eigenvalue weighted by Crippen LogP contribution is 2.22. The molecule has 1 aliphatic heterocycles. The third kappa shape index (κ3) is 4.91. The van der Waals surface area contributed by atoms with E-state index in [1.165, 1.54) is 12.1 Å². The molecule has 2 aromatic carbocycles. The van der Waals surface area contributed by atoms with Crippen molar-refractivity contribution in [1.29, 1.82) is 0 Å². The summed E-state index contributed by atoms with van der Waals surface area (Å²) >= 11 is 0. The van der Waals surface area contributed by atoms with Crippen LogP contribution in [0.2, 0.25) is 0 Å². The fraction of sp³-hybridized carbons (Fsp3) is 0.333. The summed E-state index contributed by atoms with van der Waals surface area (Å²) in [5.41, 5.74) is 1.46. The number of carbonyl (C=O) groups excluding carboxylic acids is 2. The van der Waals surface area contributed by atoms with Gasteiger partial charge >= 0.3 is 0 Å². The third-order valence-electron chi connectivity index (χ3n) is 4.78. The number of nitrogens with one attached hydrogen (secondary N) is 1. The fourth-order valence-electron chi connectivity index (χ4n) is 3.29. The largest absolute Gasteiger partial charge is 0.352 e. The van der Waals surface area contributed by atoms with Gasteiger partial charge < -0.3 is 10.2 Å². The highest BCUT2D eigenvalue weighted by molar-refractivity contribution is 5.94. The maximum Gasteiger partial charge on any atom is 0.253 e. The van der Waals surface area contributed by atoms with Crippen molar-refractivity contribution in [3.05, 3.63) is 71.5 Å². The van der Waals surface area contributed by atoms with Gasteiger partial charge in [0.25, 0.3) is 5.91 Å². The van der Waals surface area contributed by atoms with E-state index in [9.17, 15) is 14.0 Å². The predicted octanol–water partition coefficient (Wildman–Crippen LogP) is 3.38. The summed E-state index contributed by atoms with van der Waals surface area (Å²) in [4.78, 5) is 26.4. The van der Waals surface area contributed by atoms with Gasteiger partial charge in [0.1, 0.15) is 5.82 Å². The number of hydrogen-bond acceptors (Lipinski definition) is 2. The summed E-state index contributed by atoms with van der Waals surface area (Å²) < 4.78 is 13.1. The SMILES string of the molecule is O=C(CC1CCN(C(=O)c2ccccc2)CC1)NCc1cccc(F)c1. The summed E-state index contributed by atoms with van der Waals surface area (Å²) in [5, 5.41) is 2.85. The van der Waals surface area contributed by atoms with Gasteiger partial charge in [-0.05, 0) is 48.6 Å². The molecule has 0 bridgehead atoms. The van der Waals surface area contributed by atoms with Gasteiger partial charge in [-0.25, -0.2) is 4.39 Å². The highest BCUT2D eigenvalue weighted by Gasteiger charge is 2.24. The van der Waals surface area contributed by atoms with E-state index in [0.29, 0.717) is 31.6 Å². The molecule has 1 fully saturated rings. The number of rotatable bonds is 5. The normalized spacial score (nSPS) is 14.9. The maximum atomic E-state index is 13.1. The Hall–Kier alpha value is -2.69. The van der Waals surface area contributed by atoms with Crippen molar-refractivity contribution >= 4 is 11.8 Å². The van der Waals surface area contributed by atoms with Crippen molar-refractivity contribution in [3.63, 3.8) is 0 Å². The molecule has 26 heavy (non-hydrogen) atoms. The van der Waals surface area contributed by atoms with Crippen LogP contribution < -0.4 is 5.32 Å². The van der Waals surface area contributed by atoms with E-state index in [4.69, 9.17) is 0 Å². The smallest absolute Gasteiger partial charge is 0.253 e. The number of halogens is 1. The molecule has 1 heterocycles. The number of nitrogens with zero attached hydrogens (tertiary/aromatic N) is 1. The highest BCUT2D eigenvalue weighted by atomic mass is 19.1. The summed E-state index contributed by atoms with van der Waals surface area (Å²) in [6.07, 6.45) is 2.10. The number of carbonyl (C=O) groups is 2. The Bertz CT molecular complexity index is 756. The zero-order chi connectivity index (χ0) is 18.4. The second-order valence-corrected chi connectivity index (χ2v) is 6.71. The lowest BCUT2D eigenvalue weighted by Gasteiger charge is -2.31. The van der Waals surface area contributed by atoms with Crippen molar-refractivity contribution < 1.29 is 14.0 Å². The van der Waals surface area contributed by atoms with Crippen molar-refractivity contribution in [2.24, 2.45) is 5.92 Å². The molecule has 4 nitrogen and oxygen atoms in total. The molecule has 2 amide bonds. The molecule has 0 saturated carbocycles. The van der Waals surface area contributed by atoms with Gasteiger partial charge in [-0.2, -0.15) is 0 Å². The molecule has 1 aliphatic rings. The summed E-state index contributed by atoms with van der Waals surface area (Å²) in [5.74, 6) is 0.0104. The monoisotopic (exact) mass is 354 g/mol. The molecule has 1 N–H and O–H groups in total. The van der Waals surface area contributed by atoms with Crippen LogP contribution in [0.25, 0.3) is 0 Å². The molecule has 0 atom stereocenters. The van der Waals surface area contributed by atoms with Gasteiger partial charge in [-0.3, -0.25) is 9.59 Å². The molecule has 0 spiro atoms. The van der Waals surface area contributed by atoms with Gasteiger partial charge in [0.15, 0.2) is 0 Å². The molecule has 0 radical (unpaired) electrons. The number of amides is 2. The Morgan fingerprint density at radius 2 is 1.77 bits per heavy atom. The van der Waals surface area contributed by atoms with Gasteiger partial charge in [0, 0.05) is 31.6 Å². The van der Waals surface area contributed by atoms with Crippen LogP contribution in [0.4, 0.5) is 4.39 Å². The van der Waals surface area contributed by atoms with Gasteiger partial charge in [-0.15, -0.1) is 0 Å². The summed E-state index contributed by atoms with van der Waals surface area (Å²) in [6, 6.07) is 15.5. The first kappa shape index (κ1) is 18.1. The van der Waals surface area contributed by atoms with Crippen LogP contribution in [-0.2, 0) is 11.3 Å². The number of benzene rings is 2. The molecule has 0 unspecified atom stereocenters. The van der Waals surface area contributed by atoms with Crippen molar-refractivity contribution in [3.8, 4) is 0 Å². The molecular weight excluding hydrogens is 331 g/mol. The van der Waals surface area contributed by atoms with Crippen molar-refractivity contribution in [2.45, 2.75) is 25.8 Å². The molecule has 0 aromatic heterocycles. The topological polar surface area (TPSA) is 49.4 Å². The average molecular weight is 354 g/mol. The van der Waals surface area contributed by atoms with E-state index < -0.39 is 0 Å². The van der Waals surface area contributed by atoms with E-state index >= 15 is 0 Å². The Morgan fingerprint density at radius 1 is 1.04 bits per heavy atom. The van der Waals surface area contributed by atoms with Gasteiger partial charge in [0.2, 0.25) is 5.91 Å². The second-order valence-electron chi connectivity index (χ2n) is 6.71. The number of hydrogen-bond donors (Lipinski definition) is 1. The van der Waals surface area contributed by atoms with Crippen LogP contribution in [0, 0.1) is 11.7 Å². The van der Waals surface area contributed by atoms with Crippen LogP contribution in [0.5, 0.6) is 0 Å². The van der Waals surface area contributed by atoms with Crippen LogP contribution >= 0.6 is 0 Å². The van der Waals surface area contributed by atoms with E-state index in [-0.39, 0.29) is 23.5 Å².